The molecular weight excluding hydrogens is 345 g/mol. The van der Waals surface area contributed by atoms with E-state index < -0.39 is 12.0 Å². The number of benzene rings is 1. The fraction of sp³-hybridized carbons (Fsp3) is 0.684. The monoisotopic (exact) mass is 372 g/mol. The molecule has 2 N–H and O–H groups in total. The molecule has 146 valence electrons. The SMILES string of the molecule is OC1(C(CN2CCNCC2)c2ccc(OC(F)(F)F)cc2)CCCCC1. The molecule has 0 aromatic heterocycles. The highest BCUT2D eigenvalue weighted by atomic mass is 19.4. The number of hydrogen-bond donors (Lipinski definition) is 2. The maximum Gasteiger partial charge on any atom is 0.573 e. The summed E-state index contributed by atoms with van der Waals surface area (Å²) < 4.78 is 41.1. The molecule has 0 amide bonds. The summed E-state index contributed by atoms with van der Waals surface area (Å²) in [5, 5.41) is 14.6. The van der Waals surface area contributed by atoms with E-state index in [4.69, 9.17) is 0 Å². The minimum Gasteiger partial charge on any atom is -0.406 e. The van der Waals surface area contributed by atoms with Gasteiger partial charge in [0.25, 0.3) is 0 Å². The first-order valence-electron chi connectivity index (χ1n) is 9.37. The molecule has 0 radical (unpaired) electrons. The first kappa shape index (κ1) is 19.5. The van der Waals surface area contributed by atoms with Crippen LogP contribution in [0.5, 0.6) is 5.75 Å². The molecule has 2 aliphatic rings. The molecule has 1 unspecified atom stereocenters. The van der Waals surface area contributed by atoms with Gasteiger partial charge in [-0.3, -0.25) is 0 Å². The largest absolute Gasteiger partial charge is 0.573 e. The van der Waals surface area contributed by atoms with Crippen LogP contribution < -0.4 is 10.1 Å². The minimum atomic E-state index is -4.69. The number of piperazine rings is 1. The topological polar surface area (TPSA) is 44.7 Å². The zero-order valence-electron chi connectivity index (χ0n) is 14.9. The second-order valence-electron chi connectivity index (χ2n) is 7.38. The van der Waals surface area contributed by atoms with Crippen LogP contribution in [0.4, 0.5) is 13.2 Å². The molecule has 1 aliphatic heterocycles. The summed E-state index contributed by atoms with van der Waals surface area (Å²) >= 11 is 0. The van der Waals surface area contributed by atoms with Gasteiger partial charge in [0.15, 0.2) is 0 Å². The molecule has 1 saturated carbocycles. The van der Waals surface area contributed by atoms with Gasteiger partial charge in [0, 0.05) is 38.6 Å². The van der Waals surface area contributed by atoms with Crippen LogP contribution in [0.3, 0.4) is 0 Å². The second-order valence-corrected chi connectivity index (χ2v) is 7.38. The van der Waals surface area contributed by atoms with Gasteiger partial charge in [-0.1, -0.05) is 31.4 Å². The van der Waals surface area contributed by atoms with Gasteiger partial charge in [0.2, 0.25) is 0 Å². The van der Waals surface area contributed by atoms with Gasteiger partial charge in [-0.2, -0.15) is 0 Å². The number of hydrogen-bond acceptors (Lipinski definition) is 4. The summed E-state index contributed by atoms with van der Waals surface area (Å²) in [5.74, 6) is -0.335. The van der Waals surface area contributed by atoms with Crippen molar-refractivity contribution >= 4 is 0 Å². The minimum absolute atomic E-state index is 0.110. The summed E-state index contributed by atoms with van der Waals surface area (Å²) in [4.78, 5) is 2.33. The van der Waals surface area contributed by atoms with Gasteiger partial charge in [0.1, 0.15) is 5.75 Å². The maximum absolute atomic E-state index is 12.4. The molecule has 1 aromatic rings. The van der Waals surface area contributed by atoms with Crippen LogP contribution in [-0.4, -0.2) is 54.7 Å². The summed E-state index contributed by atoms with van der Waals surface area (Å²) in [7, 11) is 0. The molecule has 7 heteroatoms. The smallest absolute Gasteiger partial charge is 0.406 e. The lowest BCUT2D eigenvalue weighted by Crippen LogP contribution is -2.49. The number of halogens is 3. The van der Waals surface area contributed by atoms with E-state index in [1.165, 1.54) is 12.1 Å². The molecule has 26 heavy (non-hydrogen) atoms. The molecule has 3 rings (SSSR count). The van der Waals surface area contributed by atoms with Crippen molar-refractivity contribution in [3.8, 4) is 5.75 Å². The highest BCUT2D eigenvalue weighted by Gasteiger charge is 2.40. The van der Waals surface area contributed by atoms with Crippen molar-refractivity contribution < 1.29 is 23.0 Å². The summed E-state index contributed by atoms with van der Waals surface area (Å²) in [6.45, 7) is 4.40. The first-order chi connectivity index (χ1) is 12.4. The van der Waals surface area contributed by atoms with Gasteiger partial charge < -0.3 is 20.1 Å². The van der Waals surface area contributed by atoms with Crippen LogP contribution in [0.15, 0.2) is 24.3 Å². The normalized spacial score (nSPS) is 22.8. The molecule has 4 nitrogen and oxygen atoms in total. The molecule has 1 aliphatic carbocycles. The summed E-state index contributed by atoms with van der Waals surface area (Å²) in [6, 6.07) is 6.03. The van der Waals surface area contributed by atoms with Gasteiger partial charge in [-0.25, -0.2) is 0 Å². The highest BCUT2D eigenvalue weighted by molar-refractivity contribution is 5.31. The Morgan fingerprint density at radius 3 is 2.27 bits per heavy atom. The highest BCUT2D eigenvalue weighted by Crippen LogP contribution is 2.41. The summed E-state index contributed by atoms with van der Waals surface area (Å²) in [5.41, 5.74) is 0.0812. The van der Waals surface area contributed by atoms with Crippen molar-refractivity contribution in [2.24, 2.45) is 0 Å². The van der Waals surface area contributed by atoms with Crippen molar-refractivity contribution in [3.05, 3.63) is 29.8 Å². The zero-order chi connectivity index (χ0) is 18.6. The van der Waals surface area contributed by atoms with Crippen LogP contribution in [0, 0.1) is 0 Å². The molecule has 1 aromatic carbocycles. The van der Waals surface area contributed by atoms with E-state index in [1.807, 2.05) is 0 Å². The second kappa shape index (κ2) is 8.15. The van der Waals surface area contributed by atoms with E-state index >= 15 is 0 Å². The third kappa shape index (κ3) is 5.11. The Morgan fingerprint density at radius 2 is 1.69 bits per heavy atom. The van der Waals surface area contributed by atoms with E-state index in [-0.39, 0.29) is 11.7 Å². The Labute approximate surface area is 152 Å². The molecule has 0 spiro atoms. The predicted molar refractivity (Wildman–Crippen MR) is 93.2 cm³/mol. The molecule has 1 heterocycles. The van der Waals surface area contributed by atoms with Crippen LogP contribution >= 0.6 is 0 Å². The number of rotatable bonds is 5. The maximum atomic E-state index is 12.4. The Balaban J connectivity index is 1.79. The Bertz CT molecular complexity index is 565. The Hall–Kier alpha value is -1.31. The van der Waals surface area contributed by atoms with Crippen molar-refractivity contribution in [1.82, 2.24) is 10.2 Å². The average Bonchev–Trinajstić information content (AvgIpc) is 2.61. The lowest BCUT2D eigenvalue weighted by molar-refractivity contribution is -0.274. The van der Waals surface area contributed by atoms with Crippen molar-refractivity contribution in [2.75, 3.05) is 32.7 Å². The van der Waals surface area contributed by atoms with Crippen LogP contribution in [-0.2, 0) is 0 Å². The van der Waals surface area contributed by atoms with Crippen LogP contribution in [0.2, 0.25) is 0 Å². The Morgan fingerprint density at radius 1 is 1.08 bits per heavy atom. The molecule has 0 bridgehead atoms. The Kier molecular flexibility index (Phi) is 6.10. The van der Waals surface area contributed by atoms with E-state index in [1.54, 1.807) is 12.1 Å². The van der Waals surface area contributed by atoms with E-state index in [2.05, 4.69) is 15.0 Å². The third-order valence-corrected chi connectivity index (χ3v) is 5.53. The van der Waals surface area contributed by atoms with E-state index in [0.717, 1.165) is 70.4 Å². The van der Waals surface area contributed by atoms with Crippen molar-refractivity contribution in [3.63, 3.8) is 0 Å². The number of aliphatic hydroxyl groups is 1. The number of nitrogens with zero attached hydrogens (tertiary/aromatic N) is 1. The van der Waals surface area contributed by atoms with Crippen LogP contribution in [0.25, 0.3) is 0 Å². The molecule has 1 atom stereocenters. The number of alkyl halides is 3. The third-order valence-electron chi connectivity index (χ3n) is 5.53. The number of ether oxygens (including phenoxy) is 1. The molecular formula is C19H27F3N2O2. The van der Waals surface area contributed by atoms with Gasteiger partial charge >= 0.3 is 6.36 Å². The van der Waals surface area contributed by atoms with Gasteiger partial charge in [-0.15, -0.1) is 13.2 Å². The average molecular weight is 372 g/mol. The predicted octanol–water partition coefficient (Wildman–Crippen LogP) is 3.27. The first-order valence-corrected chi connectivity index (χ1v) is 9.37. The fourth-order valence-electron chi connectivity index (χ4n) is 4.15. The quantitative estimate of drug-likeness (QED) is 0.833. The molecule has 1 saturated heterocycles. The molecule has 2 fully saturated rings. The number of nitrogens with one attached hydrogen (secondary N) is 1. The lowest BCUT2D eigenvalue weighted by atomic mass is 9.72. The van der Waals surface area contributed by atoms with Gasteiger partial charge in [0.05, 0.1) is 5.60 Å². The van der Waals surface area contributed by atoms with Gasteiger partial charge in [-0.05, 0) is 30.5 Å². The van der Waals surface area contributed by atoms with Crippen LogP contribution in [0.1, 0.15) is 43.6 Å². The van der Waals surface area contributed by atoms with E-state index in [0.29, 0.717) is 0 Å². The zero-order valence-corrected chi connectivity index (χ0v) is 14.9. The fourth-order valence-corrected chi connectivity index (χ4v) is 4.15. The van der Waals surface area contributed by atoms with Crippen molar-refractivity contribution in [1.29, 1.82) is 0 Å². The standard InChI is InChI=1S/C19H27F3N2O2/c20-19(21,22)26-16-6-4-15(5-7-16)17(14-24-12-10-23-11-13-24)18(25)8-2-1-3-9-18/h4-7,17,23,25H,1-3,8-14H2. The lowest BCUT2D eigenvalue weighted by Gasteiger charge is -2.42. The summed E-state index contributed by atoms with van der Waals surface area (Å²) in [6.07, 6.45) is -0.104. The van der Waals surface area contributed by atoms with Crippen molar-refractivity contribution in [2.45, 2.75) is 50.0 Å². The van der Waals surface area contributed by atoms with E-state index in [9.17, 15) is 18.3 Å².